The van der Waals surface area contributed by atoms with Crippen LogP contribution < -0.4 is 0 Å². The van der Waals surface area contributed by atoms with Gasteiger partial charge in [-0.15, -0.1) is 0 Å². The SMILES string of the molecule is C[C@H](O)[C@H](O)[C@H](Br)CC1CCCCC1. The summed E-state index contributed by atoms with van der Waals surface area (Å²) in [6.07, 6.45) is 6.32. The maximum Gasteiger partial charge on any atom is 0.0921 e. The van der Waals surface area contributed by atoms with Crippen LogP contribution in [0.1, 0.15) is 45.4 Å². The van der Waals surface area contributed by atoms with E-state index in [1.165, 1.54) is 32.1 Å². The van der Waals surface area contributed by atoms with Gasteiger partial charge in [-0.25, -0.2) is 0 Å². The summed E-state index contributed by atoms with van der Waals surface area (Å²) in [5.41, 5.74) is 0. The monoisotopic (exact) mass is 264 g/mol. The highest BCUT2D eigenvalue weighted by Crippen LogP contribution is 2.30. The van der Waals surface area contributed by atoms with Crippen LogP contribution in [0.5, 0.6) is 0 Å². The maximum absolute atomic E-state index is 9.63. The molecule has 2 N–H and O–H groups in total. The lowest BCUT2D eigenvalue weighted by atomic mass is 9.85. The van der Waals surface area contributed by atoms with Gasteiger partial charge < -0.3 is 10.2 Å². The molecular formula is C11H21BrO2. The molecule has 0 aromatic rings. The number of alkyl halides is 1. The molecule has 1 fully saturated rings. The number of hydrogen-bond acceptors (Lipinski definition) is 2. The summed E-state index contributed by atoms with van der Waals surface area (Å²) in [5.74, 6) is 0.738. The van der Waals surface area contributed by atoms with Crippen LogP contribution in [0, 0.1) is 5.92 Å². The van der Waals surface area contributed by atoms with Gasteiger partial charge in [0.05, 0.1) is 12.2 Å². The van der Waals surface area contributed by atoms with Crippen LogP contribution in [0.2, 0.25) is 0 Å². The van der Waals surface area contributed by atoms with Crippen LogP contribution in [0.25, 0.3) is 0 Å². The summed E-state index contributed by atoms with van der Waals surface area (Å²) in [4.78, 5) is 0.0469. The lowest BCUT2D eigenvalue weighted by Crippen LogP contribution is -2.33. The number of aliphatic hydroxyl groups excluding tert-OH is 2. The van der Waals surface area contributed by atoms with E-state index in [1.807, 2.05) is 0 Å². The average Bonchev–Trinajstić information content (AvgIpc) is 2.18. The van der Waals surface area contributed by atoms with Gasteiger partial charge in [-0.3, -0.25) is 0 Å². The van der Waals surface area contributed by atoms with Crippen molar-refractivity contribution >= 4 is 15.9 Å². The Morgan fingerprint density at radius 1 is 1.21 bits per heavy atom. The molecule has 0 aliphatic heterocycles. The Bertz CT molecular complexity index is 155. The van der Waals surface area contributed by atoms with E-state index in [0.29, 0.717) is 0 Å². The average molecular weight is 265 g/mol. The van der Waals surface area contributed by atoms with Crippen LogP contribution in [0.3, 0.4) is 0 Å². The molecule has 0 spiro atoms. The van der Waals surface area contributed by atoms with Crippen molar-refractivity contribution in [1.82, 2.24) is 0 Å². The Labute approximate surface area is 94.8 Å². The van der Waals surface area contributed by atoms with E-state index in [2.05, 4.69) is 15.9 Å². The normalized spacial score (nSPS) is 25.7. The van der Waals surface area contributed by atoms with Crippen molar-refractivity contribution in [2.24, 2.45) is 5.92 Å². The zero-order valence-electron chi connectivity index (χ0n) is 8.82. The van der Waals surface area contributed by atoms with Crippen LogP contribution >= 0.6 is 15.9 Å². The molecule has 0 amide bonds. The van der Waals surface area contributed by atoms with Crippen LogP contribution in [-0.2, 0) is 0 Å². The van der Waals surface area contributed by atoms with Crippen molar-refractivity contribution in [3.05, 3.63) is 0 Å². The molecular weight excluding hydrogens is 244 g/mol. The second-order valence-electron chi connectivity index (χ2n) is 4.49. The molecule has 1 saturated carbocycles. The maximum atomic E-state index is 9.63. The minimum atomic E-state index is -0.636. The highest BCUT2D eigenvalue weighted by molar-refractivity contribution is 9.09. The molecule has 3 heteroatoms. The number of aliphatic hydroxyl groups is 2. The van der Waals surface area contributed by atoms with E-state index in [-0.39, 0.29) is 4.83 Å². The first-order chi connectivity index (χ1) is 6.61. The van der Waals surface area contributed by atoms with Crippen molar-refractivity contribution in [1.29, 1.82) is 0 Å². The van der Waals surface area contributed by atoms with Crippen molar-refractivity contribution in [3.63, 3.8) is 0 Å². The van der Waals surface area contributed by atoms with E-state index in [1.54, 1.807) is 6.92 Å². The molecule has 1 rings (SSSR count). The van der Waals surface area contributed by atoms with Crippen LogP contribution in [0.4, 0.5) is 0 Å². The minimum absolute atomic E-state index is 0.0469. The van der Waals surface area contributed by atoms with Crippen molar-refractivity contribution in [3.8, 4) is 0 Å². The number of hydrogen-bond donors (Lipinski definition) is 2. The van der Waals surface area contributed by atoms with Crippen molar-refractivity contribution < 1.29 is 10.2 Å². The Kier molecular flexibility index (Phi) is 5.42. The van der Waals surface area contributed by atoms with Gasteiger partial charge >= 0.3 is 0 Å². The molecule has 1 aliphatic carbocycles. The highest BCUT2D eigenvalue weighted by Gasteiger charge is 2.25. The molecule has 0 heterocycles. The first-order valence-corrected chi connectivity index (χ1v) is 6.53. The quantitative estimate of drug-likeness (QED) is 0.766. The summed E-state index contributed by atoms with van der Waals surface area (Å²) >= 11 is 3.47. The van der Waals surface area contributed by atoms with E-state index in [4.69, 9.17) is 0 Å². The van der Waals surface area contributed by atoms with Crippen LogP contribution in [0.15, 0.2) is 0 Å². The van der Waals surface area contributed by atoms with Gasteiger partial charge in [0.2, 0.25) is 0 Å². The van der Waals surface area contributed by atoms with Crippen molar-refractivity contribution in [2.75, 3.05) is 0 Å². The van der Waals surface area contributed by atoms with E-state index in [0.717, 1.165) is 12.3 Å². The molecule has 0 saturated heterocycles. The van der Waals surface area contributed by atoms with E-state index >= 15 is 0 Å². The Balaban J connectivity index is 2.27. The van der Waals surface area contributed by atoms with Gasteiger partial charge in [-0.1, -0.05) is 48.0 Å². The second kappa shape index (κ2) is 6.09. The van der Waals surface area contributed by atoms with Gasteiger partial charge in [0, 0.05) is 4.83 Å². The third-order valence-corrected chi connectivity index (χ3v) is 4.06. The Morgan fingerprint density at radius 2 is 1.79 bits per heavy atom. The molecule has 3 atom stereocenters. The van der Waals surface area contributed by atoms with Gasteiger partial charge in [0.1, 0.15) is 0 Å². The lowest BCUT2D eigenvalue weighted by Gasteiger charge is -2.27. The predicted molar refractivity (Wildman–Crippen MR) is 61.6 cm³/mol. The number of rotatable bonds is 4. The summed E-state index contributed by atoms with van der Waals surface area (Å²) < 4.78 is 0. The van der Waals surface area contributed by atoms with Crippen molar-refractivity contribution in [2.45, 2.75) is 62.5 Å². The molecule has 14 heavy (non-hydrogen) atoms. The van der Waals surface area contributed by atoms with Gasteiger partial charge in [0.25, 0.3) is 0 Å². The zero-order chi connectivity index (χ0) is 10.6. The van der Waals surface area contributed by atoms with Gasteiger partial charge in [-0.05, 0) is 19.3 Å². The highest BCUT2D eigenvalue weighted by atomic mass is 79.9. The Morgan fingerprint density at radius 3 is 2.29 bits per heavy atom. The fourth-order valence-corrected chi connectivity index (χ4v) is 3.15. The molecule has 1 aliphatic rings. The molecule has 0 aromatic carbocycles. The minimum Gasteiger partial charge on any atom is -0.391 e. The standard InChI is InChI=1S/C11H21BrO2/c1-8(13)11(14)10(12)7-9-5-3-2-4-6-9/h8-11,13-14H,2-7H2,1H3/t8-,10+,11-/m0/s1. The third kappa shape index (κ3) is 3.87. The predicted octanol–water partition coefficient (Wildman–Crippen LogP) is 2.46. The van der Waals surface area contributed by atoms with E-state index < -0.39 is 12.2 Å². The largest absolute Gasteiger partial charge is 0.391 e. The molecule has 0 bridgehead atoms. The summed E-state index contributed by atoms with van der Waals surface area (Å²) in [5, 5.41) is 18.9. The Hall–Kier alpha value is 0.400. The first kappa shape index (κ1) is 12.5. The fourth-order valence-electron chi connectivity index (χ4n) is 2.18. The molecule has 0 radical (unpaired) electrons. The molecule has 0 aromatic heterocycles. The van der Waals surface area contributed by atoms with Gasteiger partial charge in [0.15, 0.2) is 0 Å². The molecule has 0 unspecified atom stereocenters. The van der Waals surface area contributed by atoms with E-state index in [9.17, 15) is 10.2 Å². The first-order valence-electron chi connectivity index (χ1n) is 5.61. The molecule has 84 valence electrons. The zero-order valence-corrected chi connectivity index (χ0v) is 10.4. The number of halogens is 1. The summed E-state index contributed by atoms with van der Waals surface area (Å²) in [6.45, 7) is 1.64. The molecule has 2 nitrogen and oxygen atoms in total. The fraction of sp³-hybridized carbons (Fsp3) is 1.00. The smallest absolute Gasteiger partial charge is 0.0921 e. The third-order valence-electron chi connectivity index (χ3n) is 3.15. The summed E-state index contributed by atoms with van der Waals surface area (Å²) in [6, 6.07) is 0. The second-order valence-corrected chi connectivity index (χ2v) is 5.66. The van der Waals surface area contributed by atoms with Crippen LogP contribution in [-0.4, -0.2) is 27.2 Å². The topological polar surface area (TPSA) is 40.5 Å². The summed E-state index contributed by atoms with van der Waals surface area (Å²) in [7, 11) is 0. The van der Waals surface area contributed by atoms with Gasteiger partial charge in [-0.2, -0.15) is 0 Å². The lowest BCUT2D eigenvalue weighted by molar-refractivity contribution is 0.0268.